The number of pyridine rings is 2. The molecule has 0 saturated heterocycles. The van der Waals surface area contributed by atoms with E-state index in [1.54, 1.807) is 118 Å². The molecule has 8 aromatic rings. The van der Waals surface area contributed by atoms with Crippen LogP contribution in [0.1, 0.15) is 11.1 Å². The van der Waals surface area contributed by atoms with Crippen LogP contribution in [0.4, 0.5) is 29.5 Å². The lowest BCUT2D eigenvalue weighted by molar-refractivity contribution is 0.590. The minimum atomic E-state index is -0.403. The number of benzene rings is 4. The van der Waals surface area contributed by atoms with E-state index in [1.807, 2.05) is 0 Å². The molecule has 12 nitrogen and oxygen atoms in total. The Morgan fingerprint density at radius 1 is 0.515 bits per heavy atom. The fraction of sp³-hybridized carbons (Fsp3) is 0.160. The summed E-state index contributed by atoms with van der Waals surface area (Å²) in [6.07, 6.45) is 7.33. The standard InChI is InChI=1S/2C25H23F2N5O/c1-32-24(33)22(17-4-8-20(27)9-5-17)23(18-10-12-29-13-11-18)31-25(32)30-15-21(28)14-16-2-6-19(26)7-3-16;1-32-24(33)22(16-6-8-19(26)9-7-16)23(17-10-12-29-13-11-17)31-25(32)30-15-20(28)14-18-4-2-3-5-21(18)27/h2-13,21H,14-15,28H2,1H3,(H,30,31);2-13,20H,14-15,28H2,1H3,(H,30,31)/t21-;20-/m00/s1. The predicted octanol–water partition coefficient (Wildman–Crippen LogP) is 7.54. The van der Waals surface area contributed by atoms with Crippen molar-refractivity contribution in [2.45, 2.75) is 24.9 Å². The predicted molar refractivity (Wildman–Crippen MR) is 249 cm³/mol. The summed E-state index contributed by atoms with van der Waals surface area (Å²) in [5.41, 5.74) is 17.5. The van der Waals surface area contributed by atoms with Gasteiger partial charge in [-0.05, 0) is 102 Å². The summed E-state index contributed by atoms with van der Waals surface area (Å²) in [7, 11) is 3.22. The third-order valence-electron chi connectivity index (χ3n) is 10.7. The molecule has 4 aromatic carbocycles. The maximum Gasteiger partial charge on any atom is 0.263 e. The zero-order chi connectivity index (χ0) is 46.7. The van der Waals surface area contributed by atoms with Crippen LogP contribution in [0.3, 0.4) is 0 Å². The SMILES string of the molecule is Cn1c(NC[C@@H](N)Cc2ccc(F)cc2)nc(-c2ccncc2)c(-c2ccc(F)cc2)c1=O.Cn1c(NC[C@@H](N)Cc2ccccc2F)nc(-c2ccncc2)c(-c2ccc(F)cc2)c1=O. The number of anilines is 2. The van der Waals surface area contributed by atoms with Gasteiger partial charge in [0.1, 0.15) is 23.3 Å². The molecule has 66 heavy (non-hydrogen) atoms. The molecule has 0 saturated carbocycles. The average Bonchev–Trinajstić information content (AvgIpc) is 3.33. The first-order chi connectivity index (χ1) is 31.9. The molecule has 0 aliphatic carbocycles. The molecule has 0 unspecified atom stereocenters. The first-order valence-electron chi connectivity index (χ1n) is 20.9. The summed E-state index contributed by atoms with van der Waals surface area (Å²) in [6, 6.07) is 30.5. The molecule has 0 amide bonds. The van der Waals surface area contributed by atoms with Gasteiger partial charge in [0.15, 0.2) is 0 Å². The van der Waals surface area contributed by atoms with Gasteiger partial charge < -0.3 is 22.1 Å². The Balaban J connectivity index is 0.000000196. The van der Waals surface area contributed by atoms with Gasteiger partial charge in [-0.3, -0.25) is 28.7 Å². The third-order valence-corrected chi connectivity index (χ3v) is 10.7. The normalized spacial score (nSPS) is 11.9. The average molecular weight is 895 g/mol. The lowest BCUT2D eigenvalue weighted by atomic mass is 10.0. The van der Waals surface area contributed by atoms with Gasteiger partial charge in [-0.2, -0.15) is 0 Å². The van der Waals surface area contributed by atoms with Gasteiger partial charge in [-0.15, -0.1) is 0 Å². The number of nitrogens with zero attached hydrogens (tertiary/aromatic N) is 6. The molecule has 4 aromatic heterocycles. The molecule has 8 rings (SSSR count). The van der Waals surface area contributed by atoms with Crippen molar-refractivity contribution in [2.75, 3.05) is 23.7 Å². The highest BCUT2D eigenvalue weighted by Crippen LogP contribution is 2.30. The molecular weight excluding hydrogens is 849 g/mol. The van der Waals surface area contributed by atoms with Crippen molar-refractivity contribution in [1.29, 1.82) is 0 Å². The molecule has 16 heteroatoms. The Labute approximate surface area is 377 Å². The smallest absolute Gasteiger partial charge is 0.263 e. The molecule has 0 radical (unpaired) electrons. The first kappa shape index (κ1) is 46.2. The zero-order valence-corrected chi connectivity index (χ0v) is 36.0. The first-order valence-corrected chi connectivity index (χ1v) is 20.9. The molecular formula is C50H46F4N10O2. The molecule has 4 heterocycles. The monoisotopic (exact) mass is 894 g/mol. The number of aromatic nitrogens is 6. The van der Waals surface area contributed by atoms with Crippen molar-refractivity contribution in [1.82, 2.24) is 29.1 Å². The fourth-order valence-electron chi connectivity index (χ4n) is 7.17. The topological polar surface area (TPSA) is 172 Å². The third kappa shape index (κ3) is 11.3. The van der Waals surface area contributed by atoms with E-state index in [0.29, 0.717) is 81.6 Å². The summed E-state index contributed by atoms with van der Waals surface area (Å²) in [6.45, 7) is 0.629. The van der Waals surface area contributed by atoms with Crippen molar-refractivity contribution in [3.8, 4) is 44.8 Å². The van der Waals surface area contributed by atoms with Gasteiger partial charge in [-0.25, -0.2) is 27.5 Å². The Kier molecular flexibility index (Phi) is 14.9. The maximum absolute atomic E-state index is 13.9. The number of rotatable bonds is 14. The van der Waals surface area contributed by atoms with E-state index in [1.165, 1.54) is 51.6 Å². The van der Waals surface area contributed by atoms with E-state index in [4.69, 9.17) is 21.4 Å². The van der Waals surface area contributed by atoms with Crippen molar-refractivity contribution in [3.63, 3.8) is 0 Å². The molecule has 336 valence electrons. The van der Waals surface area contributed by atoms with Crippen molar-refractivity contribution < 1.29 is 17.6 Å². The minimum absolute atomic E-state index is 0.278. The Hall–Kier alpha value is -7.82. The molecule has 0 aliphatic heterocycles. The van der Waals surface area contributed by atoms with Gasteiger partial charge in [0.2, 0.25) is 11.9 Å². The van der Waals surface area contributed by atoms with Gasteiger partial charge in [0, 0.05) is 75.2 Å². The van der Waals surface area contributed by atoms with Crippen LogP contribution in [-0.2, 0) is 26.9 Å². The van der Waals surface area contributed by atoms with Gasteiger partial charge in [0.25, 0.3) is 11.1 Å². The van der Waals surface area contributed by atoms with Crippen LogP contribution < -0.4 is 33.2 Å². The van der Waals surface area contributed by atoms with E-state index in [9.17, 15) is 27.2 Å². The largest absolute Gasteiger partial charge is 0.354 e. The van der Waals surface area contributed by atoms with E-state index in [-0.39, 0.29) is 41.2 Å². The lowest BCUT2D eigenvalue weighted by Crippen LogP contribution is -2.34. The van der Waals surface area contributed by atoms with Crippen molar-refractivity contribution >= 4 is 11.9 Å². The Bertz CT molecular complexity index is 3010. The van der Waals surface area contributed by atoms with Crippen molar-refractivity contribution in [3.05, 3.63) is 201 Å². The molecule has 2 atom stereocenters. The highest BCUT2D eigenvalue weighted by atomic mass is 19.1. The summed E-state index contributed by atoms with van der Waals surface area (Å²) in [4.78, 5) is 44.2. The van der Waals surface area contributed by atoms with Crippen LogP contribution in [0.15, 0.2) is 156 Å². The van der Waals surface area contributed by atoms with E-state index in [0.717, 1.165) is 5.56 Å². The number of hydrogen-bond acceptors (Lipinski definition) is 10. The number of nitrogens with two attached hydrogens (primary N) is 2. The van der Waals surface area contributed by atoms with Crippen LogP contribution in [-0.4, -0.2) is 54.2 Å². The zero-order valence-electron chi connectivity index (χ0n) is 36.0. The lowest BCUT2D eigenvalue weighted by Gasteiger charge is -2.18. The summed E-state index contributed by atoms with van der Waals surface area (Å²) >= 11 is 0. The Morgan fingerprint density at radius 3 is 1.33 bits per heavy atom. The number of halogens is 4. The van der Waals surface area contributed by atoms with Crippen LogP contribution in [0.2, 0.25) is 0 Å². The minimum Gasteiger partial charge on any atom is -0.354 e. The number of hydrogen-bond donors (Lipinski definition) is 4. The van der Waals surface area contributed by atoms with Gasteiger partial charge >= 0.3 is 0 Å². The highest BCUT2D eigenvalue weighted by Gasteiger charge is 2.21. The fourth-order valence-corrected chi connectivity index (χ4v) is 7.17. The van der Waals surface area contributed by atoms with Crippen molar-refractivity contribution in [2.24, 2.45) is 25.6 Å². The van der Waals surface area contributed by atoms with Crippen LogP contribution in [0.25, 0.3) is 44.8 Å². The second-order valence-corrected chi connectivity index (χ2v) is 15.4. The molecule has 0 bridgehead atoms. The van der Waals surface area contributed by atoms with Crippen LogP contribution in [0.5, 0.6) is 0 Å². The maximum atomic E-state index is 13.9. The van der Waals surface area contributed by atoms with E-state index in [2.05, 4.69) is 20.6 Å². The van der Waals surface area contributed by atoms with E-state index < -0.39 is 11.9 Å². The quantitative estimate of drug-likeness (QED) is 0.0800. The molecule has 0 aliphatic rings. The summed E-state index contributed by atoms with van der Waals surface area (Å²) in [5.74, 6) is -0.705. The van der Waals surface area contributed by atoms with E-state index >= 15 is 0 Å². The summed E-state index contributed by atoms with van der Waals surface area (Å²) in [5, 5.41) is 6.28. The van der Waals surface area contributed by atoms with Crippen LogP contribution >= 0.6 is 0 Å². The second kappa shape index (κ2) is 21.2. The molecule has 0 fully saturated rings. The van der Waals surface area contributed by atoms with Gasteiger partial charge in [0.05, 0.1) is 22.5 Å². The van der Waals surface area contributed by atoms with Gasteiger partial charge in [-0.1, -0.05) is 54.6 Å². The Morgan fingerprint density at radius 2 is 0.909 bits per heavy atom. The number of nitrogens with one attached hydrogen (secondary N) is 2. The van der Waals surface area contributed by atoms with Crippen LogP contribution in [0, 0.1) is 23.3 Å². The highest BCUT2D eigenvalue weighted by molar-refractivity contribution is 5.82. The second-order valence-electron chi connectivity index (χ2n) is 15.4. The molecule has 6 N–H and O–H groups in total. The molecule has 0 spiro atoms. The summed E-state index contributed by atoms with van der Waals surface area (Å²) < 4.78 is 56.8.